The van der Waals surface area contributed by atoms with Crippen molar-refractivity contribution in [2.45, 2.75) is 31.1 Å². The van der Waals surface area contributed by atoms with E-state index in [1.54, 1.807) is 4.90 Å². The van der Waals surface area contributed by atoms with Crippen LogP contribution in [0.3, 0.4) is 0 Å². The summed E-state index contributed by atoms with van der Waals surface area (Å²) in [6.07, 6.45) is 1.63. The number of guanidine groups is 1. The Morgan fingerprint density at radius 1 is 1.43 bits per heavy atom. The Morgan fingerprint density at radius 2 is 2.10 bits per heavy atom. The van der Waals surface area contributed by atoms with E-state index in [9.17, 15) is 9.90 Å². The molecule has 4 atom stereocenters. The molecule has 1 saturated carbocycles. The maximum atomic E-state index is 11.6. The van der Waals surface area contributed by atoms with Crippen molar-refractivity contribution in [2.24, 2.45) is 29.2 Å². The van der Waals surface area contributed by atoms with Gasteiger partial charge in [0.2, 0.25) is 0 Å². The zero-order valence-electron chi connectivity index (χ0n) is 11.9. The van der Waals surface area contributed by atoms with E-state index in [4.69, 9.17) is 26.9 Å². The zero-order chi connectivity index (χ0) is 15.8. The van der Waals surface area contributed by atoms with Gasteiger partial charge in [-0.15, -0.1) is 0 Å². The molecule has 8 nitrogen and oxygen atoms in total. The monoisotopic (exact) mass is 298 g/mol. The highest BCUT2D eigenvalue weighted by atomic mass is 16.4. The van der Waals surface area contributed by atoms with Crippen molar-refractivity contribution in [3.63, 3.8) is 0 Å². The van der Waals surface area contributed by atoms with E-state index in [1.807, 2.05) is 0 Å². The predicted molar refractivity (Wildman–Crippen MR) is 77.4 cm³/mol. The summed E-state index contributed by atoms with van der Waals surface area (Å²) in [6, 6.07) is 0. The summed E-state index contributed by atoms with van der Waals surface area (Å²) < 4.78 is 0. The summed E-state index contributed by atoms with van der Waals surface area (Å²) in [5.74, 6) is -1.01. The molecule has 1 aliphatic heterocycles. The van der Waals surface area contributed by atoms with Crippen LogP contribution in [-0.2, 0) is 4.79 Å². The standard InChI is InChI=1S/C12H23BN4O4/c14-11(15)17-5-7-4-12(16,10(18)19)9(8(7)6-17)2-1-3-13(20)21/h7-9,20-21H,1-6,16H2,(H3,14,15)(H,18,19)/t7-,8+,9?,12?/m0/s1. The van der Waals surface area contributed by atoms with Crippen LogP contribution < -0.4 is 11.5 Å². The van der Waals surface area contributed by atoms with Gasteiger partial charge in [-0.1, -0.05) is 6.42 Å². The molecule has 118 valence electrons. The summed E-state index contributed by atoms with van der Waals surface area (Å²) in [5.41, 5.74) is 10.4. The van der Waals surface area contributed by atoms with E-state index in [2.05, 4.69) is 0 Å². The minimum Gasteiger partial charge on any atom is -0.480 e. The second kappa shape index (κ2) is 5.82. The van der Waals surface area contributed by atoms with Crippen LogP contribution in [0, 0.1) is 23.2 Å². The third kappa shape index (κ3) is 2.99. The smallest absolute Gasteiger partial charge is 0.451 e. The molecule has 2 rings (SSSR count). The lowest BCUT2D eigenvalue weighted by Gasteiger charge is -2.31. The van der Waals surface area contributed by atoms with Gasteiger partial charge < -0.3 is 31.5 Å². The summed E-state index contributed by atoms with van der Waals surface area (Å²) in [7, 11) is -1.38. The van der Waals surface area contributed by atoms with Crippen molar-refractivity contribution >= 4 is 19.0 Å². The van der Waals surface area contributed by atoms with Gasteiger partial charge in [0.1, 0.15) is 5.54 Å². The molecule has 1 heterocycles. The van der Waals surface area contributed by atoms with Crippen LogP contribution in [0.1, 0.15) is 19.3 Å². The van der Waals surface area contributed by atoms with Gasteiger partial charge in [0.15, 0.2) is 5.96 Å². The van der Waals surface area contributed by atoms with E-state index in [0.29, 0.717) is 32.4 Å². The summed E-state index contributed by atoms with van der Waals surface area (Å²) in [5, 5.41) is 34.8. The van der Waals surface area contributed by atoms with E-state index in [0.717, 1.165) is 0 Å². The molecule has 1 aliphatic carbocycles. The van der Waals surface area contributed by atoms with E-state index in [1.165, 1.54) is 0 Å². The molecule has 0 radical (unpaired) electrons. The fraction of sp³-hybridized carbons (Fsp3) is 0.833. The minimum absolute atomic E-state index is 0.00637. The fourth-order valence-corrected chi connectivity index (χ4v) is 3.97. The van der Waals surface area contributed by atoms with Gasteiger partial charge in [-0.05, 0) is 36.9 Å². The van der Waals surface area contributed by atoms with E-state index >= 15 is 0 Å². The molecule has 2 fully saturated rings. The lowest BCUT2D eigenvalue weighted by atomic mass is 9.76. The molecule has 0 aromatic rings. The molecule has 0 amide bonds. The van der Waals surface area contributed by atoms with Gasteiger partial charge in [0.25, 0.3) is 0 Å². The van der Waals surface area contributed by atoms with Crippen LogP contribution in [0.15, 0.2) is 0 Å². The number of nitrogens with one attached hydrogen (secondary N) is 1. The van der Waals surface area contributed by atoms with Gasteiger partial charge in [-0.2, -0.15) is 0 Å². The van der Waals surface area contributed by atoms with Crippen molar-refractivity contribution in [2.75, 3.05) is 13.1 Å². The lowest BCUT2D eigenvalue weighted by Crippen LogP contribution is -2.53. The van der Waals surface area contributed by atoms with Gasteiger partial charge in [0.05, 0.1) is 0 Å². The Kier molecular flexibility index (Phi) is 4.45. The molecule has 0 spiro atoms. The first-order chi connectivity index (χ1) is 9.75. The first-order valence-electron chi connectivity index (χ1n) is 7.23. The average Bonchev–Trinajstić information content (AvgIpc) is 2.87. The molecule has 2 unspecified atom stereocenters. The number of likely N-dealkylation sites (tertiary alicyclic amines) is 1. The number of rotatable bonds is 5. The van der Waals surface area contributed by atoms with Crippen LogP contribution in [-0.4, -0.2) is 57.7 Å². The van der Waals surface area contributed by atoms with Crippen LogP contribution in [0.4, 0.5) is 0 Å². The van der Waals surface area contributed by atoms with Crippen LogP contribution in [0.25, 0.3) is 0 Å². The molecular weight excluding hydrogens is 275 g/mol. The third-order valence-corrected chi connectivity index (χ3v) is 4.99. The molecule has 1 saturated heterocycles. The number of nitrogens with two attached hydrogens (primary N) is 2. The molecule has 0 bridgehead atoms. The number of nitrogens with zero attached hydrogens (tertiary/aromatic N) is 1. The second-order valence-electron chi connectivity index (χ2n) is 6.28. The average molecular weight is 298 g/mol. The number of carboxylic acids is 1. The normalized spacial score (nSPS) is 34.8. The van der Waals surface area contributed by atoms with Crippen molar-refractivity contribution in [1.82, 2.24) is 4.90 Å². The first-order valence-corrected chi connectivity index (χ1v) is 7.23. The number of aliphatic carboxylic acids is 1. The zero-order valence-corrected chi connectivity index (χ0v) is 11.9. The highest BCUT2D eigenvalue weighted by Gasteiger charge is 2.58. The van der Waals surface area contributed by atoms with Crippen molar-refractivity contribution < 1.29 is 19.9 Å². The molecule has 0 aromatic carbocycles. The Labute approximate surface area is 123 Å². The molecule has 9 heteroatoms. The number of hydrogen-bond donors (Lipinski definition) is 6. The predicted octanol–water partition coefficient (Wildman–Crippen LogP) is -1.52. The van der Waals surface area contributed by atoms with Crippen LogP contribution >= 0.6 is 0 Å². The topological polar surface area (TPSA) is 157 Å². The highest BCUT2D eigenvalue weighted by Crippen LogP contribution is 2.49. The summed E-state index contributed by atoms with van der Waals surface area (Å²) in [6.45, 7) is 1.13. The molecule has 21 heavy (non-hydrogen) atoms. The van der Waals surface area contributed by atoms with E-state index in [-0.39, 0.29) is 30.0 Å². The van der Waals surface area contributed by atoms with E-state index < -0.39 is 18.6 Å². The number of fused-ring (bicyclic) bond motifs is 1. The number of carboxylic acid groups (broad SMARTS) is 1. The van der Waals surface area contributed by atoms with Crippen molar-refractivity contribution in [3.8, 4) is 0 Å². The Balaban J connectivity index is 2.10. The number of hydrogen-bond acceptors (Lipinski definition) is 5. The summed E-state index contributed by atoms with van der Waals surface area (Å²) in [4.78, 5) is 13.3. The van der Waals surface area contributed by atoms with Gasteiger partial charge in [0, 0.05) is 13.1 Å². The molecule has 0 aromatic heterocycles. The minimum atomic E-state index is -1.38. The quantitative estimate of drug-likeness (QED) is 0.204. The van der Waals surface area contributed by atoms with Gasteiger partial charge in [-0.3, -0.25) is 10.2 Å². The Hall–Kier alpha value is -1.32. The SMILES string of the molecule is N=C(N)N1C[C@@H]2CC(N)(C(=O)O)C(CCCB(O)O)[C@@H]2C1. The largest absolute Gasteiger partial charge is 0.480 e. The van der Waals surface area contributed by atoms with Crippen LogP contribution in [0.2, 0.25) is 6.32 Å². The van der Waals surface area contributed by atoms with Crippen LogP contribution in [0.5, 0.6) is 0 Å². The molecule has 8 N–H and O–H groups in total. The lowest BCUT2D eigenvalue weighted by molar-refractivity contribution is -0.145. The first kappa shape index (κ1) is 16.1. The maximum Gasteiger partial charge on any atom is 0.451 e. The van der Waals surface area contributed by atoms with Gasteiger partial charge >= 0.3 is 13.1 Å². The second-order valence-corrected chi connectivity index (χ2v) is 6.28. The number of carbonyl (C=O) groups is 1. The Morgan fingerprint density at radius 3 is 2.62 bits per heavy atom. The summed E-state index contributed by atoms with van der Waals surface area (Å²) >= 11 is 0. The van der Waals surface area contributed by atoms with Gasteiger partial charge in [-0.25, -0.2) is 0 Å². The highest BCUT2D eigenvalue weighted by molar-refractivity contribution is 6.40. The fourth-order valence-electron chi connectivity index (χ4n) is 3.97. The molecular formula is C12H23BN4O4. The Bertz CT molecular complexity index is 435. The third-order valence-electron chi connectivity index (χ3n) is 4.99. The maximum absolute atomic E-state index is 11.6. The van der Waals surface area contributed by atoms with Crippen molar-refractivity contribution in [1.29, 1.82) is 5.41 Å². The van der Waals surface area contributed by atoms with Crippen molar-refractivity contribution in [3.05, 3.63) is 0 Å². The molecule has 2 aliphatic rings.